The van der Waals surface area contributed by atoms with Gasteiger partial charge in [0.05, 0.1) is 12.7 Å². The zero-order chi connectivity index (χ0) is 22.4. The van der Waals surface area contributed by atoms with Crippen molar-refractivity contribution in [2.24, 2.45) is 0 Å². The van der Waals surface area contributed by atoms with Gasteiger partial charge in [0.1, 0.15) is 4.75 Å². The number of rotatable bonds is 10. The summed E-state index contributed by atoms with van der Waals surface area (Å²) in [4.78, 5) is 11.9. The Balaban J connectivity index is 2.09. The molecule has 2 rings (SSSR count). The number of hydrogen-bond donors (Lipinski definition) is 3. The zero-order valence-electron chi connectivity index (χ0n) is 17.5. The van der Waals surface area contributed by atoms with Crippen molar-refractivity contribution in [2.45, 2.75) is 37.0 Å². The molecule has 1 amide bonds. The van der Waals surface area contributed by atoms with E-state index >= 15 is 0 Å². The van der Waals surface area contributed by atoms with E-state index in [1.165, 1.54) is 12.4 Å². The lowest BCUT2D eigenvalue weighted by atomic mass is 9.97. The van der Waals surface area contributed by atoms with Gasteiger partial charge in [-0.25, -0.2) is 13.9 Å². The highest BCUT2D eigenvalue weighted by molar-refractivity contribution is 7.92. The molecule has 0 heterocycles. The number of hydrogen-bond acceptors (Lipinski definition) is 6. The fraction of sp³-hybridized carbons (Fsp3) is 0.409. The van der Waals surface area contributed by atoms with E-state index in [0.717, 1.165) is 28.5 Å². The maximum absolute atomic E-state index is 12.1. The van der Waals surface area contributed by atoms with E-state index in [1.54, 1.807) is 7.11 Å². The third-order valence-corrected chi connectivity index (χ3v) is 7.56. The van der Waals surface area contributed by atoms with Crippen molar-refractivity contribution in [1.29, 1.82) is 0 Å². The molecule has 8 heteroatoms. The molecule has 0 bridgehead atoms. The van der Waals surface area contributed by atoms with Crippen molar-refractivity contribution < 1.29 is 28.3 Å². The van der Waals surface area contributed by atoms with Crippen LogP contribution in [0.5, 0.6) is 0 Å². The minimum atomic E-state index is -3.71. The van der Waals surface area contributed by atoms with Crippen LogP contribution in [0.4, 0.5) is 0 Å². The van der Waals surface area contributed by atoms with Crippen molar-refractivity contribution in [1.82, 2.24) is 5.48 Å². The Morgan fingerprint density at radius 3 is 1.97 bits per heavy atom. The molecule has 3 N–H and O–H groups in total. The number of benzene rings is 2. The van der Waals surface area contributed by atoms with Crippen LogP contribution in [0.2, 0.25) is 0 Å². The molecule has 0 aliphatic rings. The van der Waals surface area contributed by atoms with E-state index in [1.807, 2.05) is 48.5 Å². The van der Waals surface area contributed by atoms with Gasteiger partial charge in [0.2, 0.25) is 0 Å². The largest absolute Gasteiger partial charge is 0.394 e. The van der Waals surface area contributed by atoms with E-state index < -0.39 is 20.5 Å². The molecule has 0 radical (unpaired) electrons. The summed E-state index contributed by atoms with van der Waals surface area (Å²) in [5, 5.41) is 18.1. The summed E-state index contributed by atoms with van der Waals surface area (Å²) in [6.07, 6.45) is 1.82. The summed E-state index contributed by atoms with van der Waals surface area (Å²) < 4.78 is 27.6. The first-order chi connectivity index (χ1) is 14.1. The Morgan fingerprint density at radius 1 is 1.07 bits per heavy atom. The average molecular weight is 436 g/mol. The number of nitrogens with one attached hydrogen (secondary N) is 1. The van der Waals surface area contributed by atoms with E-state index in [2.05, 4.69) is 0 Å². The van der Waals surface area contributed by atoms with Crippen LogP contribution in [0.3, 0.4) is 0 Å². The number of hydroxylamine groups is 1. The highest BCUT2D eigenvalue weighted by Gasteiger charge is 2.43. The molecule has 2 aromatic rings. The second kappa shape index (κ2) is 10.2. The summed E-state index contributed by atoms with van der Waals surface area (Å²) in [5.41, 5.74) is 5.46. The standard InChI is InChI=1S/C22H29NO6S/c1-22(21(25)23-26,30(3,27)28)13-12-16-4-8-18(9-5-16)19-10-6-17(7-11-19)14-20(15-24)29-2/h4-11,20,24,26H,12-15H2,1-3H3,(H,23,25). The molecule has 0 aromatic heterocycles. The molecule has 164 valence electrons. The van der Waals surface area contributed by atoms with E-state index in [-0.39, 0.29) is 19.1 Å². The third kappa shape index (κ3) is 5.66. The van der Waals surface area contributed by atoms with E-state index in [4.69, 9.17) is 9.94 Å². The lowest BCUT2D eigenvalue weighted by molar-refractivity contribution is -0.131. The van der Waals surface area contributed by atoms with Gasteiger partial charge in [0, 0.05) is 19.8 Å². The highest BCUT2D eigenvalue weighted by Crippen LogP contribution is 2.25. The first kappa shape index (κ1) is 24.0. The van der Waals surface area contributed by atoms with Crippen LogP contribution in [0.25, 0.3) is 11.1 Å². The van der Waals surface area contributed by atoms with Crippen molar-refractivity contribution in [3.63, 3.8) is 0 Å². The van der Waals surface area contributed by atoms with Crippen LogP contribution in [0.15, 0.2) is 48.5 Å². The van der Waals surface area contributed by atoms with Gasteiger partial charge >= 0.3 is 0 Å². The van der Waals surface area contributed by atoms with Gasteiger partial charge in [-0.15, -0.1) is 0 Å². The number of aryl methyl sites for hydroxylation is 1. The number of methoxy groups -OCH3 is 1. The molecule has 0 aliphatic heterocycles. The van der Waals surface area contributed by atoms with Gasteiger partial charge in [0.25, 0.3) is 5.91 Å². The number of ether oxygens (including phenoxy) is 1. The van der Waals surface area contributed by atoms with Crippen LogP contribution in [0.1, 0.15) is 24.5 Å². The minimum absolute atomic E-state index is 0.0297. The van der Waals surface area contributed by atoms with Gasteiger partial charge in [-0.1, -0.05) is 48.5 Å². The van der Waals surface area contributed by atoms with Gasteiger partial charge < -0.3 is 9.84 Å². The highest BCUT2D eigenvalue weighted by atomic mass is 32.2. The van der Waals surface area contributed by atoms with Gasteiger partial charge in [-0.3, -0.25) is 10.0 Å². The summed E-state index contributed by atoms with van der Waals surface area (Å²) >= 11 is 0. The molecule has 0 saturated carbocycles. The SMILES string of the molecule is COC(CO)Cc1ccc(-c2ccc(CCC(C)(C(=O)NO)S(C)(=O)=O)cc2)cc1. The van der Waals surface area contributed by atoms with Crippen molar-refractivity contribution in [3.05, 3.63) is 59.7 Å². The Bertz CT molecular complexity index is 937. The third-order valence-electron chi connectivity index (χ3n) is 5.53. The monoisotopic (exact) mass is 435 g/mol. The number of carbonyl (C=O) groups excluding carboxylic acids is 1. The molecule has 2 aromatic carbocycles. The van der Waals surface area contributed by atoms with Crippen molar-refractivity contribution in [3.8, 4) is 11.1 Å². The zero-order valence-corrected chi connectivity index (χ0v) is 18.3. The second-order valence-electron chi connectivity index (χ2n) is 7.58. The Labute approximate surface area is 177 Å². The van der Waals surface area contributed by atoms with Gasteiger partial charge in [0.15, 0.2) is 9.84 Å². The summed E-state index contributed by atoms with van der Waals surface area (Å²) in [6, 6.07) is 15.7. The van der Waals surface area contributed by atoms with E-state index in [9.17, 15) is 18.3 Å². The molecule has 0 spiro atoms. The predicted molar refractivity (Wildman–Crippen MR) is 115 cm³/mol. The van der Waals surface area contributed by atoms with Crippen LogP contribution in [0, 0.1) is 0 Å². The molecular weight excluding hydrogens is 406 g/mol. The van der Waals surface area contributed by atoms with Crippen LogP contribution >= 0.6 is 0 Å². The fourth-order valence-corrected chi connectivity index (χ4v) is 4.01. The normalized spacial score (nSPS) is 14.7. The smallest absolute Gasteiger partial charge is 0.264 e. The number of aliphatic hydroxyl groups is 1. The van der Waals surface area contributed by atoms with E-state index in [0.29, 0.717) is 12.8 Å². The molecule has 0 aliphatic carbocycles. The number of carbonyl (C=O) groups is 1. The molecule has 30 heavy (non-hydrogen) atoms. The first-order valence-electron chi connectivity index (χ1n) is 9.60. The van der Waals surface area contributed by atoms with Crippen LogP contribution in [-0.4, -0.2) is 55.5 Å². The van der Waals surface area contributed by atoms with Crippen LogP contribution in [-0.2, 0) is 32.2 Å². The Kier molecular flexibility index (Phi) is 8.14. The topological polar surface area (TPSA) is 113 Å². The van der Waals surface area contributed by atoms with Crippen LogP contribution < -0.4 is 5.48 Å². The Hall–Kier alpha value is -2.26. The molecule has 0 fully saturated rings. The van der Waals surface area contributed by atoms with Gasteiger partial charge in [-0.05, 0) is 42.0 Å². The summed E-state index contributed by atoms with van der Waals surface area (Å²) in [5.74, 6) is -0.932. The average Bonchev–Trinajstić information content (AvgIpc) is 2.75. The Morgan fingerprint density at radius 2 is 1.57 bits per heavy atom. The lowest BCUT2D eigenvalue weighted by Crippen LogP contribution is -2.49. The number of sulfone groups is 1. The number of aliphatic hydroxyl groups excluding tert-OH is 1. The molecule has 0 saturated heterocycles. The molecule has 2 atom stereocenters. The fourth-order valence-electron chi connectivity index (χ4n) is 3.15. The second-order valence-corrected chi connectivity index (χ2v) is 10.0. The van der Waals surface area contributed by atoms with Gasteiger partial charge in [-0.2, -0.15) is 0 Å². The molecule has 2 unspecified atom stereocenters. The van der Waals surface area contributed by atoms with Crippen molar-refractivity contribution in [2.75, 3.05) is 20.0 Å². The summed E-state index contributed by atoms with van der Waals surface area (Å²) in [7, 11) is -2.14. The molecular formula is C22H29NO6S. The van der Waals surface area contributed by atoms with Crippen molar-refractivity contribution >= 4 is 15.7 Å². The minimum Gasteiger partial charge on any atom is -0.394 e. The first-order valence-corrected chi connectivity index (χ1v) is 11.5. The lowest BCUT2D eigenvalue weighted by Gasteiger charge is -2.25. The number of amides is 1. The maximum Gasteiger partial charge on any atom is 0.264 e. The quantitative estimate of drug-likeness (QED) is 0.389. The maximum atomic E-state index is 12.1. The predicted octanol–water partition coefficient (Wildman–Crippen LogP) is 2.14. The molecule has 7 nitrogen and oxygen atoms in total. The summed E-state index contributed by atoms with van der Waals surface area (Å²) in [6.45, 7) is 1.28.